The molecule has 0 radical (unpaired) electrons. The SMILES string of the molecule is C=CCNC(=O)c1ccccc1NC(=O)C=Cc1ccc(OC)c(OC)c1OC. The molecule has 152 valence electrons. The van der Waals surface area contributed by atoms with Crippen LogP contribution in [0.15, 0.2) is 55.1 Å². The Morgan fingerprint density at radius 1 is 1.00 bits per heavy atom. The molecule has 7 heteroatoms. The Hall–Kier alpha value is -3.74. The van der Waals surface area contributed by atoms with Gasteiger partial charge in [0.05, 0.1) is 32.6 Å². The van der Waals surface area contributed by atoms with Gasteiger partial charge in [-0.05, 0) is 30.3 Å². The first kappa shape index (κ1) is 21.6. The fraction of sp³-hybridized carbons (Fsp3) is 0.182. The van der Waals surface area contributed by atoms with Crippen molar-refractivity contribution in [1.82, 2.24) is 5.32 Å². The highest BCUT2D eigenvalue weighted by atomic mass is 16.5. The molecular formula is C22H24N2O5. The first-order valence-electron chi connectivity index (χ1n) is 8.81. The summed E-state index contributed by atoms with van der Waals surface area (Å²) >= 11 is 0. The molecule has 0 aliphatic rings. The lowest BCUT2D eigenvalue weighted by Crippen LogP contribution is -2.24. The molecule has 7 nitrogen and oxygen atoms in total. The highest BCUT2D eigenvalue weighted by molar-refractivity contribution is 6.07. The number of amides is 2. The molecule has 0 unspecified atom stereocenters. The van der Waals surface area contributed by atoms with Crippen LogP contribution >= 0.6 is 0 Å². The summed E-state index contributed by atoms with van der Waals surface area (Å²) in [6.07, 6.45) is 4.52. The van der Waals surface area contributed by atoms with Crippen LogP contribution in [0.2, 0.25) is 0 Å². The average molecular weight is 396 g/mol. The Morgan fingerprint density at radius 2 is 1.72 bits per heavy atom. The lowest BCUT2D eigenvalue weighted by molar-refractivity contribution is -0.111. The fourth-order valence-electron chi connectivity index (χ4n) is 2.65. The predicted octanol–water partition coefficient (Wildman–Crippen LogP) is 3.28. The van der Waals surface area contributed by atoms with Gasteiger partial charge in [-0.25, -0.2) is 0 Å². The molecule has 2 rings (SSSR count). The quantitative estimate of drug-likeness (QED) is 0.502. The van der Waals surface area contributed by atoms with E-state index in [1.807, 2.05) is 0 Å². The maximum Gasteiger partial charge on any atom is 0.253 e. The van der Waals surface area contributed by atoms with E-state index < -0.39 is 5.91 Å². The van der Waals surface area contributed by atoms with Gasteiger partial charge in [0.2, 0.25) is 11.7 Å². The summed E-state index contributed by atoms with van der Waals surface area (Å²) in [4.78, 5) is 24.6. The second-order valence-corrected chi connectivity index (χ2v) is 5.79. The summed E-state index contributed by atoms with van der Waals surface area (Å²) in [7, 11) is 4.55. The molecule has 0 aliphatic carbocycles. The second kappa shape index (κ2) is 10.6. The zero-order valence-electron chi connectivity index (χ0n) is 16.7. The van der Waals surface area contributed by atoms with Gasteiger partial charge in [0.25, 0.3) is 5.91 Å². The highest BCUT2D eigenvalue weighted by Crippen LogP contribution is 2.40. The van der Waals surface area contributed by atoms with Crippen LogP contribution in [0, 0.1) is 0 Å². The number of rotatable bonds is 9. The highest BCUT2D eigenvalue weighted by Gasteiger charge is 2.15. The van der Waals surface area contributed by atoms with Crippen molar-refractivity contribution in [2.75, 3.05) is 33.2 Å². The molecule has 2 amide bonds. The minimum Gasteiger partial charge on any atom is -0.493 e. The third kappa shape index (κ3) is 5.38. The topological polar surface area (TPSA) is 85.9 Å². The van der Waals surface area contributed by atoms with Gasteiger partial charge in [0.1, 0.15) is 0 Å². The van der Waals surface area contributed by atoms with E-state index in [-0.39, 0.29) is 5.91 Å². The molecule has 0 bridgehead atoms. The number of anilines is 1. The third-order valence-electron chi connectivity index (χ3n) is 3.99. The molecule has 0 aliphatic heterocycles. The largest absolute Gasteiger partial charge is 0.493 e. The maximum absolute atomic E-state index is 12.4. The Labute approximate surface area is 170 Å². The van der Waals surface area contributed by atoms with E-state index in [2.05, 4.69) is 17.2 Å². The number of hydrogen-bond acceptors (Lipinski definition) is 5. The number of methoxy groups -OCH3 is 3. The van der Waals surface area contributed by atoms with Crippen LogP contribution in [0.1, 0.15) is 15.9 Å². The molecule has 2 aromatic carbocycles. The number of benzene rings is 2. The monoisotopic (exact) mass is 396 g/mol. The summed E-state index contributed by atoms with van der Waals surface area (Å²) in [6, 6.07) is 10.2. The van der Waals surface area contributed by atoms with Gasteiger partial charge in [0, 0.05) is 18.2 Å². The molecule has 0 spiro atoms. The standard InChI is InChI=1S/C22H24N2O5/c1-5-14-23-22(26)16-8-6-7-9-17(16)24-19(25)13-11-15-10-12-18(27-2)21(29-4)20(15)28-3/h5-13H,1,14H2,2-4H3,(H,23,26)(H,24,25). The van der Waals surface area contributed by atoms with Crippen molar-refractivity contribution in [3.63, 3.8) is 0 Å². The zero-order chi connectivity index (χ0) is 21.2. The molecule has 2 N–H and O–H groups in total. The summed E-state index contributed by atoms with van der Waals surface area (Å²) in [6.45, 7) is 3.90. The molecule has 2 aromatic rings. The first-order valence-corrected chi connectivity index (χ1v) is 8.81. The van der Waals surface area contributed by atoms with Crippen molar-refractivity contribution in [2.24, 2.45) is 0 Å². The zero-order valence-corrected chi connectivity index (χ0v) is 16.7. The van der Waals surface area contributed by atoms with Crippen LogP contribution in [0.25, 0.3) is 6.08 Å². The van der Waals surface area contributed by atoms with E-state index >= 15 is 0 Å². The Bertz CT molecular complexity index is 921. The second-order valence-electron chi connectivity index (χ2n) is 5.79. The minimum absolute atomic E-state index is 0.300. The van der Waals surface area contributed by atoms with Gasteiger partial charge in [-0.2, -0.15) is 0 Å². The van der Waals surface area contributed by atoms with Crippen molar-refractivity contribution >= 4 is 23.6 Å². The van der Waals surface area contributed by atoms with Crippen LogP contribution in [0.5, 0.6) is 17.2 Å². The van der Waals surface area contributed by atoms with E-state index in [4.69, 9.17) is 14.2 Å². The van der Waals surface area contributed by atoms with E-state index in [9.17, 15) is 9.59 Å². The Kier molecular flexibility index (Phi) is 7.85. The lowest BCUT2D eigenvalue weighted by Gasteiger charge is -2.14. The van der Waals surface area contributed by atoms with Gasteiger partial charge in [-0.15, -0.1) is 6.58 Å². The van der Waals surface area contributed by atoms with Crippen LogP contribution in [0.3, 0.4) is 0 Å². The summed E-state index contributed by atoms with van der Waals surface area (Å²) in [5.74, 6) is 0.699. The van der Waals surface area contributed by atoms with E-state index in [1.165, 1.54) is 27.4 Å². The van der Waals surface area contributed by atoms with Gasteiger partial charge >= 0.3 is 0 Å². The molecule has 0 heterocycles. The van der Waals surface area contributed by atoms with Gasteiger partial charge < -0.3 is 24.8 Å². The van der Waals surface area contributed by atoms with Crippen molar-refractivity contribution in [3.05, 3.63) is 66.3 Å². The van der Waals surface area contributed by atoms with E-state index in [0.717, 1.165) is 0 Å². The van der Waals surface area contributed by atoms with Gasteiger partial charge in [-0.3, -0.25) is 9.59 Å². The molecule has 29 heavy (non-hydrogen) atoms. The molecule has 0 atom stereocenters. The number of para-hydroxylation sites is 1. The Balaban J connectivity index is 2.21. The number of carbonyl (C=O) groups is 2. The van der Waals surface area contributed by atoms with Crippen LogP contribution in [-0.4, -0.2) is 39.7 Å². The van der Waals surface area contributed by atoms with Crippen LogP contribution < -0.4 is 24.8 Å². The number of carbonyl (C=O) groups excluding carboxylic acids is 2. The molecule has 0 saturated carbocycles. The van der Waals surface area contributed by atoms with Crippen LogP contribution in [0.4, 0.5) is 5.69 Å². The summed E-state index contributed by atoms with van der Waals surface area (Å²) in [5.41, 5.74) is 1.40. The lowest BCUT2D eigenvalue weighted by atomic mass is 10.1. The predicted molar refractivity (Wildman–Crippen MR) is 113 cm³/mol. The maximum atomic E-state index is 12.4. The molecule has 0 aromatic heterocycles. The average Bonchev–Trinajstić information content (AvgIpc) is 2.75. The third-order valence-corrected chi connectivity index (χ3v) is 3.99. The van der Waals surface area contributed by atoms with Gasteiger partial charge in [0.15, 0.2) is 11.5 Å². The summed E-state index contributed by atoms with van der Waals surface area (Å²) < 4.78 is 16.0. The van der Waals surface area contributed by atoms with Crippen molar-refractivity contribution in [2.45, 2.75) is 0 Å². The fourth-order valence-corrected chi connectivity index (χ4v) is 2.65. The van der Waals surface area contributed by atoms with Crippen molar-refractivity contribution < 1.29 is 23.8 Å². The van der Waals surface area contributed by atoms with Gasteiger partial charge in [-0.1, -0.05) is 18.2 Å². The van der Waals surface area contributed by atoms with E-state index in [1.54, 1.807) is 48.6 Å². The Morgan fingerprint density at radius 3 is 2.38 bits per heavy atom. The number of hydrogen-bond donors (Lipinski definition) is 2. The smallest absolute Gasteiger partial charge is 0.253 e. The summed E-state index contributed by atoms with van der Waals surface area (Å²) in [5, 5.41) is 5.41. The number of ether oxygens (including phenoxy) is 3. The van der Waals surface area contributed by atoms with E-state index in [0.29, 0.717) is 40.6 Å². The normalized spacial score (nSPS) is 10.3. The van der Waals surface area contributed by atoms with Crippen LogP contribution in [-0.2, 0) is 4.79 Å². The van der Waals surface area contributed by atoms with Crippen molar-refractivity contribution in [1.29, 1.82) is 0 Å². The molecular weight excluding hydrogens is 372 g/mol. The van der Waals surface area contributed by atoms with Crippen molar-refractivity contribution in [3.8, 4) is 17.2 Å². The number of nitrogens with one attached hydrogen (secondary N) is 2. The minimum atomic E-state index is -0.397. The molecule has 0 fully saturated rings. The molecule has 0 saturated heterocycles. The first-order chi connectivity index (χ1) is 14.0.